The number of carbonyl (C=O) groups is 1. The fraction of sp³-hybridized carbons (Fsp3) is 0.294. The Morgan fingerprint density at radius 3 is 2.96 bits per heavy atom. The molecule has 0 atom stereocenters. The number of thiazole rings is 1. The molecule has 1 aliphatic rings. The second kappa shape index (κ2) is 7.52. The summed E-state index contributed by atoms with van der Waals surface area (Å²) in [6, 6.07) is 2.28. The Morgan fingerprint density at radius 2 is 2.30 bits per heavy atom. The Balaban J connectivity index is 1.52. The lowest BCUT2D eigenvalue weighted by molar-refractivity contribution is 0.102. The average Bonchev–Trinajstić information content (AvgIpc) is 3.33. The maximum absolute atomic E-state index is 12.4. The molecule has 10 heteroatoms. The Labute approximate surface area is 172 Å². The molecule has 138 valence electrons. The molecule has 1 amide bonds. The first-order valence-corrected chi connectivity index (χ1v) is 10.6. The molecule has 4 rings (SSSR count). The number of nitrogens with one attached hydrogen (secondary N) is 1. The van der Waals surface area contributed by atoms with E-state index in [1.54, 1.807) is 29.3 Å². The third kappa shape index (κ3) is 3.82. The lowest BCUT2D eigenvalue weighted by atomic mass is 10.0. The Bertz CT molecular complexity index is 1050. The summed E-state index contributed by atoms with van der Waals surface area (Å²) < 4.78 is 2.47. The van der Waals surface area contributed by atoms with Gasteiger partial charge in [-0.2, -0.15) is 10.4 Å². The van der Waals surface area contributed by atoms with Crippen molar-refractivity contribution in [1.29, 1.82) is 5.26 Å². The van der Waals surface area contributed by atoms with Gasteiger partial charge in [0.15, 0.2) is 3.92 Å². The van der Waals surface area contributed by atoms with Crippen LogP contribution < -0.4 is 5.32 Å². The van der Waals surface area contributed by atoms with E-state index in [1.807, 2.05) is 6.20 Å². The lowest BCUT2D eigenvalue weighted by Gasteiger charge is -2.25. The summed E-state index contributed by atoms with van der Waals surface area (Å²) in [5.41, 5.74) is 2.13. The van der Waals surface area contributed by atoms with E-state index in [1.165, 1.54) is 22.4 Å². The van der Waals surface area contributed by atoms with Crippen molar-refractivity contribution in [2.24, 2.45) is 7.05 Å². The number of aromatic nitrogens is 3. The van der Waals surface area contributed by atoms with Crippen LogP contribution in [0.2, 0.25) is 0 Å². The zero-order valence-corrected chi connectivity index (χ0v) is 17.6. The Morgan fingerprint density at radius 1 is 1.44 bits per heavy atom. The molecule has 3 aromatic rings. The van der Waals surface area contributed by atoms with E-state index in [0.717, 1.165) is 40.4 Å². The molecule has 27 heavy (non-hydrogen) atoms. The van der Waals surface area contributed by atoms with E-state index in [9.17, 15) is 10.1 Å². The molecule has 0 radical (unpaired) electrons. The number of fused-ring (bicyclic) bond motifs is 1. The number of nitrogens with zero attached hydrogens (tertiary/aromatic N) is 5. The molecule has 0 saturated heterocycles. The van der Waals surface area contributed by atoms with Crippen molar-refractivity contribution in [2.45, 2.75) is 19.5 Å². The van der Waals surface area contributed by atoms with Crippen molar-refractivity contribution in [3.05, 3.63) is 49.0 Å². The van der Waals surface area contributed by atoms with Gasteiger partial charge in [-0.1, -0.05) is 0 Å². The van der Waals surface area contributed by atoms with Crippen LogP contribution in [0, 0.1) is 11.3 Å². The number of nitriles is 1. The van der Waals surface area contributed by atoms with Gasteiger partial charge in [-0.3, -0.25) is 14.4 Å². The molecule has 4 heterocycles. The van der Waals surface area contributed by atoms with Crippen LogP contribution in [0.15, 0.2) is 22.5 Å². The SMILES string of the molecule is Cn1cc(C(=O)Nc2sc3c(c2C#N)CCN(Cc2cnc(Br)s2)C3)cn1. The van der Waals surface area contributed by atoms with Crippen molar-refractivity contribution in [2.75, 3.05) is 11.9 Å². The molecule has 1 N–H and O–H groups in total. The van der Waals surface area contributed by atoms with E-state index in [2.05, 4.69) is 42.3 Å². The van der Waals surface area contributed by atoms with Crippen LogP contribution in [-0.4, -0.2) is 32.1 Å². The minimum absolute atomic E-state index is 0.246. The van der Waals surface area contributed by atoms with E-state index in [-0.39, 0.29) is 5.91 Å². The van der Waals surface area contributed by atoms with E-state index in [0.29, 0.717) is 16.1 Å². The first-order chi connectivity index (χ1) is 13.0. The van der Waals surface area contributed by atoms with Gasteiger partial charge in [-0.05, 0) is 27.9 Å². The number of aryl methyl sites for hydroxylation is 1. The van der Waals surface area contributed by atoms with Gasteiger partial charge in [0.2, 0.25) is 0 Å². The summed E-state index contributed by atoms with van der Waals surface area (Å²) in [4.78, 5) is 21.3. The van der Waals surface area contributed by atoms with Crippen molar-refractivity contribution in [3.8, 4) is 6.07 Å². The largest absolute Gasteiger partial charge is 0.312 e. The highest BCUT2D eigenvalue weighted by Gasteiger charge is 2.26. The molecule has 0 fully saturated rings. The number of amides is 1. The lowest BCUT2D eigenvalue weighted by Crippen LogP contribution is -2.29. The molecule has 0 spiro atoms. The fourth-order valence-corrected chi connectivity index (χ4v) is 5.72. The number of anilines is 1. The molecule has 1 aliphatic heterocycles. The van der Waals surface area contributed by atoms with Crippen LogP contribution in [0.25, 0.3) is 0 Å². The highest BCUT2D eigenvalue weighted by Crippen LogP contribution is 2.37. The minimum Gasteiger partial charge on any atom is -0.312 e. The van der Waals surface area contributed by atoms with Crippen molar-refractivity contribution >= 4 is 49.5 Å². The summed E-state index contributed by atoms with van der Waals surface area (Å²) in [6.07, 6.45) is 5.87. The maximum atomic E-state index is 12.4. The summed E-state index contributed by atoms with van der Waals surface area (Å²) in [7, 11) is 1.76. The Kier molecular flexibility index (Phi) is 5.10. The molecule has 0 unspecified atom stereocenters. The first kappa shape index (κ1) is 18.3. The number of hydrogen-bond donors (Lipinski definition) is 1. The van der Waals surface area contributed by atoms with Gasteiger partial charge in [0.25, 0.3) is 5.91 Å². The van der Waals surface area contributed by atoms with Gasteiger partial charge in [0.05, 0.1) is 17.3 Å². The highest BCUT2D eigenvalue weighted by atomic mass is 79.9. The van der Waals surface area contributed by atoms with Gasteiger partial charge < -0.3 is 5.32 Å². The van der Waals surface area contributed by atoms with Crippen molar-refractivity contribution in [3.63, 3.8) is 0 Å². The number of thiophene rings is 1. The zero-order valence-electron chi connectivity index (χ0n) is 14.4. The van der Waals surface area contributed by atoms with E-state index < -0.39 is 0 Å². The molecular formula is C17H15BrN6OS2. The van der Waals surface area contributed by atoms with Crippen molar-refractivity contribution < 1.29 is 4.79 Å². The van der Waals surface area contributed by atoms with Crippen molar-refractivity contribution in [1.82, 2.24) is 19.7 Å². The van der Waals surface area contributed by atoms with Crippen LogP contribution in [0.5, 0.6) is 0 Å². The predicted molar refractivity (Wildman–Crippen MR) is 108 cm³/mol. The molecule has 3 aromatic heterocycles. The molecular weight excluding hydrogens is 448 g/mol. The van der Waals surface area contributed by atoms with Gasteiger partial charge >= 0.3 is 0 Å². The maximum Gasteiger partial charge on any atom is 0.259 e. The smallest absolute Gasteiger partial charge is 0.259 e. The first-order valence-electron chi connectivity index (χ1n) is 8.20. The van der Waals surface area contributed by atoms with Crippen LogP contribution in [0.1, 0.15) is 31.2 Å². The monoisotopic (exact) mass is 462 g/mol. The molecule has 0 bridgehead atoms. The predicted octanol–water partition coefficient (Wildman–Crippen LogP) is 3.38. The minimum atomic E-state index is -0.246. The van der Waals surface area contributed by atoms with Gasteiger partial charge in [0, 0.05) is 48.8 Å². The second-order valence-corrected chi connectivity index (χ2v) is 9.71. The number of halogens is 1. The number of hydrogen-bond acceptors (Lipinski definition) is 7. The zero-order chi connectivity index (χ0) is 19.0. The average molecular weight is 463 g/mol. The highest BCUT2D eigenvalue weighted by molar-refractivity contribution is 9.11. The number of rotatable bonds is 4. The molecule has 0 aromatic carbocycles. The summed E-state index contributed by atoms with van der Waals surface area (Å²) in [6.45, 7) is 2.48. The topological polar surface area (TPSA) is 86.8 Å². The molecule has 0 saturated carbocycles. The summed E-state index contributed by atoms with van der Waals surface area (Å²) >= 11 is 6.52. The summed E-state index contributed by atoms with van der Waals surface area (Å²) in [5, 5.41) is 17.1. The van der Waals surface area contributed by atoms with E-state index in [4.69, 9.17) is 0 Å². The quantitative estimate of drug-likeness (QED) is 0.641. The fourth-order valence-electron chi connectivity index (χ4n) is 3.09. The summed E-state index contributed by atoms with van der Waals surface area (Å²) in [5.74, 6) is -0.246. The van der Waals surface area contributed by atoms with Gasteiger partial charge in [-0.25, -0.2) is 4.98 Å². The van der Waals surface area contributed by atoms with Crippen LogP contribution >= 0.6 is 38.6 Å². The molecule has 0 aliphatic carbocycles. The standard InChI is InChI=1S/C17H15BrN6OS2/c1-23-7-10(5-21-23)15(25)22-16-13(4-19)12-2-3-24(9-14(12)27-16)8-11-6-20-17(18)26-11/h5-7H,2-3,8-9H2,1H3,(H,22,25). The van der Waals surface area contributed by atoms with Crippen LogP contribution in [0.3, 0.4) is 0 Å². The third-order valence-corrected chi connectivity index (χ3v) is 6.94. The normalized spacial score (nSPS) is 14.0. The van der Waals surface area contributed by atoms with Crippen LogP contribution in [0.4, 0.5) is 5.00 Å². The molecule has 7 nitrogen and oxygen atoms in total. The van der Waals surface area contributed by atoms with Crippen LogP contribution in [-0.2, 0) is 26.6 Å². The Hall–Kier alpha value is -2.06. The second-order valence-electron chi connectivity index (χ2n) is 6.22. The van der Waals surface area contributed by atoms with Gasteiger partial charge in [-0.15, -0.1) is 22.7 Å². The number of carbonyl (C=O) groups excluding carboxylic acids is 1. The van der Waals surface area contributed by atoms with E-state index >= 15 is 0 Å². The van der Waals surface area contributed by atoms with Gasteiger partial charge in [0.1, 0.15) is 11.1 Å². The third-order valence-electron chi connectivity index (χ3n) is 4.35.